The Morgan fingerprint density at radius 3 is 2.71 bits per heavy atom. The van der Waals surface area contributed by atoms with Gasteiger partial charge >= 0.3 is 0 Å². The standard InChI is InChI=1S/C16H25N3O2/c1-12-4-7-16(11-20,8-5-12)18-15(21)13-6-9-17-14(10-13)19(2)3/h6,9-10,12,20H,4-5,7-8,11H2,1-3H3,(H,18,21). The van der Waals surface area contributed by atoms with Gasteiger partial charge in [0.2, 0.25) is 0 Å². The van der Waals surface area contributed by atoms with Gasteiger partial charge in [-0.1, -0.05) is 6.92 Å². The van der Waals surface area contributed by atoms with Gasteiger partial charge in [0.25, 0.3) is 5.91 Å². The summed E-state index contributed by atoms with van der Waals surface area (Å²) in [4.78, 5) is 18.5. The highest BCUT2D eigenvalue weighted by atomic mass is 16.3. The van der Waals surface area contributed by atoms with Crippen molar-refractivity contribution in [3.63, 3.8) is 0 Å². The SMILES string of the molecule is CC1CCC(CO)(NC(=O)c2ccnc(N(C)C)c2)CC1. The zero-order chi connectivity index (χ0) is 15.5. The van der Waals surface area contributed by atoms with Gasteiger partial charge in [0.05, 0.1) is 12.1 Å². The van der Waals surface area contributed by atoms with E-state index in [1.54, 1.807) is 18.3 Å². The average molecular weight is 291 g/mol. The fourth-order valence-corrected chi connectivity index (χ4v) is 2.75. The molecule has 0 radical (unpaired) electrons. The summed E-state index contributed by atoms with van der Waals surface area (Å²) in [6, 6.07) is 3.48. The number of pyridine rings is 1. The number of nitrogens with zero attached hydrogens (tertiary/aromatic N) is 2. The summed E-state index contributed by atoms with van der Waals surface area (Å²) in [5, 5.41) is 12.8. The van der Waals surface area contributed by atoms with Gasteiger partial charge in [-0.25, -0.2) is 4.98 Å². The van der Waals surface area contributed by atoms with E-state index in [1.165, 1.54) is 0 Å². The largest absolute Gasteiger partial charge is 0.394 e. The first-order valence-electron chi connectivity index (χ1n) is 7.52. The highest BCUT2D eigenvalue weighted by Crippen LogP contribution is 2.31. The fraction of sp³-hybridized carbons (Fsp3) is 0.625. The number of hydrogen-bond acceptors (Lipinski definition) is 4. The van der Waals surface area contributed by atoms with Crippen molar-refractivity contribution in [3.05, 3.63) is 23.9 Å². The van der Waals surface area contributed by atoms with Crippen molar-refractivity contribution < 1.29 is 9.90 Å². The van der Waals surface area contributed by atoms with Crippen LogP contribution < -0.4 is 10.2 Å². The molecule has 0 saturated heterocycles. The van der Waals surface area contributed by atoms with Crippen LogP contribution in [0.15, 0.2) is 18.3 Å². The molecular weight excluding hydrogens is 266 g/mol. The normalized spacial score (nSPS) is 25.4. The highest BCUT2D eigenvalue weighted by Gasteiger charge is 2.35. The zero-order valence-electron chi connectivity index (χ0n) is 13.1. The van der Waals surface area contributed by atoms with Gasteiger partial charge in [-0.3, -0.25) is 4.79 Å². The number of aromatic nitrogens is 1. The van der Waals surface area contributed by atoms with Gasteiger partial charge in [0.15, 0.2) is 0 Å². The number of aliphatic hydroxyl groups is 1. The Kier molecular flexibility index (Phi) is 4.83. The van der Waals surface area contributed by atoms with Crippen molar-refractivity contribution in [2.75, 3.05) is 25.6 Å². The van der Waals surface area contributed by atoms with Crippen LogP contribution in [-0.2, 0) is 0 Å². The Balaban J connectivity index is 2.11. The van der Waals surface area contributed by atoms with Gasteiger partial charge in [0, 0.05) is 25.9 Å². The minimum absolute atomic E-state index is 0.00290. The smallest absolute Gasteiger partial charge is 0.251 e. The molecule has 1 amide bonds. The molecule has 1 saturated carbocycles. The summed E-state index contributed by atoms with van der Waals surface area (Å²) in [6.45, 7) is 2.21. The van der Waals surface area contributed by atoms with Crippen LogP contribution in [0.1, 0.15) is 43.0 Å². The lowest BCUT2D eigenvalue weighted by Gasteiger charge is -2.38. The van der Waals surface area contributed by atoms with Crippen LogP contribution in [0.4, 0.5) is 5.82 Å². The molecule has 1 heterocycles. The Bertz CT molecular complexity index is 494. The van der Waals surface area contributed by atoms with Gasteiger partial charge in [0.1, 0.15) is 5.82 Å². The zero-order valence-corrected chi connectivity index (χ0v) is 13.1. The van der Waals surface area contributed by atoms with Crippen LogP contribution in [0.3, 0.4) is 0 Å². The maximum Gasteiger partial charge on any atom is 0.251 e. The van der Waals surface area contributed by atoms with Crippen LogP contribution in [0.2, 0.25) is 0 Å². The lowest BCUT2D eigenvalue weighted by molar-refractivity contribution is 0.0717. The molecule has 5 nitrogen and oxygen atoms in total. The molecule has 0 bridgehead atoms. The molecule has 1 fully saturated rings. The topological polar surface area (TPSA) is 65.5 Å². The number of anilines is 1. The molecule has 0 aromatic carbocycles. The number of carbonyl (C=O) groups excluding carboxylic acids is 1. The van der Waals surface area contributed by atoms with E-state index in [9.17, 15) is 9.90 Å². The lowest BCUT2D eigenvalue weighted by Crippen LogP contribution is -2.53. The molecule has 2 rings (SSSR count). The summed E-state index contributed by atoms with van der Waals surface area (Å²) in [6.07, 6.45) is 5.39. The van der Waals surface area contributed by atoms with E-state index in [4.69, 9.17) is 0 Å². The van der Waals surface area contributed by atoms with E-state index in [0.29, 0.717) is 11.5 Å². The number of aliphatic hydroxyl groups excluding tert-OH is 1. The van der Waals surface area contributed by atoms with E-state index >= 15 is 0 Å². The molecule has 2 N–H and O–H groups in total. The molecule has 5 heteroatoms. The molecule has 116 valence electrons. The van der Waals surface area contributed by atoms with Crippen molar-refractivity contribution in [1.82, 2.24) is 10.3 Å². The first-order valence-corrected chi connectivity index (χ1v) is 7.52. The lowest BCUT2D eigenvalue weighted by atomic mass is 9.77. The van der Waals surface area contributed by atoms with Crippen LogP contribution in [0, 0.1) is 5.92 Å². The fourth-order valence-electron chi connectivity index (χ4n) is 2.75. The van der Waals surface area contributed by atoms with Crippen molar-refractivity contribution in [2.24, 2.45) is 5.92 Å². The van der Waals surface area contributed by atoms with Gasteiger partial charge < -0.3 is 15.3 Å². The Labute approximate surface area is 126 Å². The van der Waals surface area contributed by atoms with Gasteiger partial charge in [-0.05, 0) is 43.7 Å². The molecule has 0 spiro atoms. The summed E-state index contributed by atoms with van der Waals surface area (Å²) >= 11 is 0. The third-order valence-corrected chi connectivity index (χ3v) is 4.38. The van der Waals surface area contributed by atoms with E-state index in [2.05, 4.69) is 17.2 Å². The van der Waals surface area contributed by atoms with Crippen LogP contribution >= 0.6 is 0 Å². The second-order valence-corrected chi connectivity index (χ2v) is 6.37. The number of rotatable bonds is 4. The summed E-state index contributed by atoms with van der Waals surface area (Å²) in [5.41, 5.74) is 0.116. The molecule has 0 atom stereocenters. The van der Waals surface area contributed by atoms with E-state index in [0.717, 1.165) is 31.5 Å². The minimum atomic E-state index is -0.467. The predicted octanol–water partition coefficient (Wildman–Crippen LogP) is 1.82. The van der Waals surface area contributed by atoms with Crippen LogP contribution in [0.5, 0.6) is 0 Å². The number of carbonyl (C=O) groups is 1. The molecule has 0 unspecified atom stereocenters. The third-order valence-electron chi connectivity index (χ3n) is 4.38. The number of amides is 1. The summed E-state index contributed by atoms with van der Waals surface area (Å²) in [7, 11) is 3.78. The third kappa shape index (κ3) is 3.73. The average Bonchev–Trinajstić information content (AvgIpc) is 2.50. The van der Waals surface area contributed by atoms with Crippen LogP contribution in [-0.4, -0.2) is 42.2 Å². The molecule has 1 aromatic heterocycles. The van der Waals surface area contributed by atoms with Crippen molar-refractivity contribution >= 4 is 11.7 Å². The second-order valence-electron chi connectivity index (χ2n) is 6.37. The summed E-state index contributed by atoms with van der Waals surface area (Å²) in [5.74, 6) is 1.28. The molecule has 21 heavy (non-hydrogen) atoms. The summed E-state index contributed by atoms with van der Waals surface area (Å²) < 4.78 is 0. The van der Waals surface area contributed by atoms with Crippen molar-refractivity contribution in [1.29, 1.82) is 0 Å². The van der Waals surface area contributed by atoms with E-state index in [1.807, 2.05) is 19.0 Å². The molecule has 1 aromatic rings. The molecular formula is C16H25N3O2. The predicted molar refractivity (Wildman–Crippen MR) is 83.5 cm³/mol. The van der Waals surface area contributed by atoms with Crippen molar-refractivity contribution in [2.45, 2.75) is 38.1 Å². The van der Waals surface area contributed by atoms with Crippen LogP contribution in [0.25, 0.3) is 0 Å². The number of nitrogens with one attached hydrogen (secondary N) is 1. The first kappa shape index (κ1) is 15.8. The molecule has 1 aliphatic rings. The Morgan fingerprint density at radius 1 is 1.48 bits per heavy atom. The van der Waals surface area contributed by atoms with E-state index in [-0.39, 0.29) is 12.5 Å². The monoisotopic (exact) mass is 291 g/mol. The maximum atomic E-state index is 12.5. The number of hydrogen-bond donors (Lipinski definition) is 2. The first-order chi connectivity index (χ1) is 9.96. The van der Waals surface area contributed by atoms with Gasteiger partial charge in [-0.15, -0.1) is 0 Å². The highest BCUT2D eigenvalue weighted by molar-refractivity contribution is 5.95. The van der Waals surface area contributed by atoms with E-state index < -0.39 is 5.54 Å². The quantitative estimate of drug-likeness (QED) is 0.888. The van der Waals surface area contributed by atoms with Crippen molar-refractivity contribution in [3.8, 4) is 0 Å². The molecule has 1 aliphatic carbocycles. The maximum absolute atomic E-state index is 12.5. The Morgan fingerprint density at radius 2 is 2.14 bits per heavy atom. The second kappa shape index (κ2) is 6.43. The minimum Gasteiger partial charge on any atom is -0.394 e. The molecule has 0 aliphatic heterocycles. The Hall–Kier alpha value is -1.62. The van der Waals surface area contributed by atoms with Gasteiger partial charge in [-0.2, -0.15) is 0 Å².